The number of aromatic carboxylic acids is 1. The predicted octanol–water partition coefficient (Wildman–Crippen LogP) is 2.77. The van der Waals surface area contributed by atoms with Gasteiger partial charge in [-0.25, -0.2) is 4.79 Å². The van der Waals surface area contributed by atoms with Crippen LogP contribution in [0.4, 0.5) is 11.4 Å². The van der Waals surface area contributed by atoms with Gasteiger partial charge in [-0.15, -0.1) is 0 Å². The van der Waals surface area contributed by atoms with Crippen molar-refractivity contribution >= 4 is 29.1 Å². The molecular formula is C12H16N2O4S. The van der Waals surface area contributed by atoms with Crippen molar-refractivity contribution in [2.24, 2.45) is 0 Å². The van der Waals surface area contributed by atoms with Crippen LogP contribution in [0.25, 0.3) is 0 Å². The second kappa shape index (κ2) is 6.98. The Bertz CT molecular complexity index is 491. The van der Waals surface area contributed by atoms with Crippen LogP contribution in [0.1, 0.15) is 22.3 Å². The fraction of sp³-hybridized carbons (Fsp3) is 0.417. The third kappa shape index (κ3) is 4.13. The van der Waals surface area contributed by atoms with E-state index in [9.17, 15) is 14.9 Å². The zero-order chi connectivity index (χ0) is 14.4. The molecule has 0 atom stereocenters. The highest BCUT2D eigenvalue weighted by Crippen LogP contribution is 2.27. The van der Waals surface area contributed by atoms with Crippen molar-refractivity contribution in [3.8, 4) is 0 Å². The minimum absolute atomic E-state index is 0.0790. The summed E-state index contributed by atoms with van der Waals surface area (Å²) in [5.74, 6) is -0.192. The maximum atomic E-state index is 11.0. The Kier molecular flexibility index (Phi) is 5.62. The summed E-state index contributed by atoms with van der Waals surface area (Å²) < 4.78 is 0. The van der Waals surface area contributed by atoms with Crippen molar-refractivity contribution < 1.29 is 14.8 Å². The van der Waals surface area contributed by atoms with Crippen molar-refractivity contribution in [2.75, 3.05) is 23.9 Å². The molecule has 1 aromatic rings. The summed E-state index contributed by atoms with van der Waals surface area (Å²) >= 11 is 1.71. The molecule has 1 aromatic carbocycles. The Balaban J connectivity index is 3.01. The molecule has 0 heterocycles. The van der Waals surface area contributed by atoms with Gasteiger partial charge in [-0.1, -0.05) is 0 Å². The number of carbonyl (C=O) groups is 1. The lowest BCUT2D eigenvalue weighted by Gasteiger charge is -2.10. The molecule has 0 aliphatic carbocycles. The Labute approximate surface area is 115 Å². The number of carboxylic acids is 1. The lowest BCUT2D eigenvalue weighted by Crippen LogP contribution is -2.08. The van der Waals surface area contributed by atoms with Crippen LogP contribution in [0.15, 0.2) is 12.1 Å². The average Bonchev–Trinajstić information content (AvgIpc) is 2.35. The Morgan fingerprint density at radius 2 is 2.21 bits per heavy atom. The summed E-state index contributed by atoms with van der Waals surface area (Å²) in [6.45, 7) is 2.27. The lowest BCUT2D eigenvalue weighted by molar-refractivity contribution is -0.385. The summed E-state index contributed by atoms with van der Waals surface area (Å²) in [7, 11) is 0. The number of carboxylic acid groups (broad SMARTS) is 1. The van der Waals surface area contributed by atoms with Crippen molar-refractivity contribution in [1.82, 2.24) is 0 Å². The molecule has 0 bridgehead atoms. The van der Waals surface area contributed by atoms with E-state index in [0.717, 1.165) is 18.2 Å². The number of nitrogens with one attached hydrogen (secondary N) is 1. The first-order chi connectivity index (χ1) is 8.97. The third-order valence-electron chi connectivity index (χ3n) is 2.66. The van der Waals surface area contributed by atoms with Crippen LogP contribution in [-0.4, -0.2) is 34.6 Å². The van der Waals surface area contributed by atoms with Gasteiger partial charge < -0.3 is 10.4 Å². The van der Waals surface area contributed by atoms with Crippen LogP contribution in [0.3, 0.4) is 0 Å². The van der Waals surface area contributed by atoms with Gasteiger partial charge in [-0.2, -0.15) is 11.8 Å². The highest BCUT2D eigenvalue weighted by Gasteiger charge is 2.18. The Morgan fingerprint density at radius 1 is 1.53 bits per heavy atom. The predicted molar refractivity (Wildman–Crippen MR) is 76.3 cm³/mol. The molecule has 104 valence electrons. The van der Waals surface area contributed by atoms with Crippen LogP contribution in [0.2, 0.25) is 0 Å². The van der Waals surface area contributed by atoms with Gasteiger partial charge in [0.15, 0.2) is 0 Å². The van der Waals surface area contributed by atoms with Gasteiger partial charge in [0, 0.05) is 23.9 Å². The summed E-state index contributed by atoms with van der Waals surface area (Å²) in [6.07, 6.45) is 2.91. The molecule has 7 heteroatoms. The fourth-order valence-electron chi connectivity index (χ4n) is 1.64. The van der Waals surface area contributed by atoms with E-state index < -0.39 is 10.9 Å². The first kappa shape index (κ1) is 15.3. The molecule has 0 unspecified atom stereocenters. The first-order valence-electron chi connectivity index (χ1n) is 5.72. The van der Waals surface area contributed by atoms with Crippen LogP contribution in [0.5, 0.6) is 0 Å². The number of anilines is 1. The highest BCUT2D eigenvalue weighted by molar-refractivity contribution is 7.98. The monoisotopic (exact) mass is 284 g/mol. The first-order valence-corrected chi connectivity index (χ1v) is 7.12. The van der Waals surface area contributed by atoms with Crippen LogP contribution in [0, 0.1) is 17.0 Å². The molecule has 0 saturated heterocycles. The zero-order valence-electron chi connectivity index (χ0n) is 10.8. The molecule has 0 amide bonds. The molecule has 0 radical (unpaired) electrons. The van der Waals surface area contributed by atoms with E-state index in [1.807, 2.05) is 6.26 Å². The molecule has 0 aliphatic heterocycles. The zero-order valence-corrected chi connectivity index (χ0v) is 11.6. The van der Waals surface area contributed by atoms with E-state index in [4.69, 9.17) is 5.11 Å². The van der Waals surface area contributed by atoms with Crippen molar-refractivity contribution in [1.29, 1.82) is 0 Å². The maximum absolute atomic E-state index is 11.0. The summed E-state index contributed by atoms with van der Waals surface area (Å²) in [4.78, 5) is 21.3. The van der Waals surface area contributed by atoms with E-state index >= 15 is 0 Å². The van der Waals surface area contributed by atoms with Crippen molar-refractivity contribution in [3.63, 3.8) is 0 Å². The van der Waals surface area contributed by atoms with E-state index in [1.54, 1.807) is 18.7 Å². The van der Waals surface area contributed by atoms with Gasteiger partial charge in [0.2, 0.25) is 0 Å². The largest absolute Gasteiger partial charge is 0.478 e. The average molecular weight is 284 g/mol. The van der Waals surface area contributed by atoms with Gasteiger partial charge in [-0.05, 0) is 31.4 Å². The molecule has 19 heavy (non-hydrogen) atoms. The number of rotatable bonds is 7. The maximum Gasteiger partial charge on any atom is 0.336 e. The standard InChI is InChI=1S/C12H16N2O4S/c1-8-10(13-4-3-5-19-2)6-9(12(15)16)7-11(8)14(17)18/h6-7,13H,3-5H2,1-2H3,(H,15,16). The summed E-state index contributed by atoms with van der Waals surface area (Å²) in [6, 6.07) is 2.52. The number of hydrogen-bond donors (Lipinski definition) is 2. The fourth-order valence-corrected chi connectivity index (χ4v) is 2.07. The van der Waals surface area contributed by atoms with Gasteiger partial charge in [0.05, 0.1) is 10.5 Å². The van der Waals surface area contributed by atoms with Crippen LogP contribution >= 0.6 is 11.8 Å². The number of nitro groups is 1. The van der Waals surface area contributed by atoms with Crippen LogP contribution < -0.4 is 5.32 Å². The smallest absolute Gasteiger partial charge is 0.336 e. The molecule has 0 spiro atoms. The van der Waals surface area contributed by atoms with Gasteiger partial charge in [0.25, 0.3) is 5.69 Å². The van der Waals surface area contributed by atoms with Crippen LogP contribution in [-0.2, 0) is 0 Å². The third-order valence-corrected chi connectivity index (χ3v) is 3.36. The molecule has 0 aromatic heterocycles. The number of thioether (sulfide) groups is 1. The second-order valence-electron chi connectivity index (χ2n) is 4.00. The van der Waals surface area contributed by atoms with E-state index in [1.165, 1.54) is 6.07 Å². The number of nitrogens with zero attached hydrogens (tertiary/aromatic N) is 1. The Hall–Kier alpha value is -1.76. The Morgan fingerprint density at radius 3 is 2.74 bits per heavy atom. The lowest BCUT2D eigenvalue weighted by atomic mass is 10.1. The van der Waals surface area contributed by atoms with E-state index in [2.05, 4.69) is 5.32 Å². The summed E-state index contributed by atoms with van der Waals surface area (Å²) in [5, 5.41) is 22.9. The molecule has 0 fully saturated rings. The summed E-state index contributed by atoms with van der Waals surface area (Å²) in [5.41, 5.74) is 0.712. The van der Waals surface area contributed by atoms with Crippen molar-refractivity contribution in [3.05, 3.63) is 33.4 Å². The molecule has 0 aliphatic rings. The molecule has 1 rings (SSSR count). The number of nitro benzene ring substituents is 1. The molecular weight excluding hydrogens is 268 g/mol. The molecule has 0 saturated carbocycles. The minimum Gasteiger partial charge on any atom is -0.478 e. The van der Waals surface area contributed by atoms with Crippen molar-refractivity contribution in [2.45, 2.75) is 13.3 Å². The molecule has 6 nitrogen and oxygen atoms in total. The normalized spacial score (nSPS) is 10.2. The SMILES string of the molecule is CSCCCNc1cc(C(=O)O)cc([N+](=O)[O-])c1C. The van der Waals surface area contributed by atoms with Gasteiger partial charge in [0.1, 0.15) is 0 Å². The molecule has 2 N–H and O–H groups in total. The quantitative estimate of drug-likeness (QED) is 0.454. The number of hydrogen-bond acceptors (Lipinski definition) is 5. The topological polar surface area (TPSA) is 92.5 Å². The van der Waals surface area contributed by atoms with Gasteiger partial charge in [-0.3, -0.25) is 10.1 Å². The van der Waals surface area contributed by atoms with E-state index in [-0.39, 0.29) is 11.3 Å². The highest BCUT2D eigenvalue weighted by atomic mass is 32.2. The van der Waals surface area contributed by atoms with Gasteiger partial charge >= 0.3 is 5.97 Å². The minimum atomic E-state index is -1.17. The van der Waals surface area contributed by atoms with E-state index in [0.29, 0.717) is 17.8 Å². The number of benzene rings is 1. The second-order valence-corrected chi connectivity index (χ2v) is 4.99.